The highest BCUT2D eigenvalue weighted by molar-refractivity contribution is 5.77. The smallest absolute Gasteiger partial charge is 0.315 e. The van der Waals surface area contributed by atoms with Crippen molar-refractivity contribution in [2.24, 2.45) is 0 Å². The second-order valence-electron chi connectivity index (χ2n) is 4.60. The van der Waals surface area contributed by atoms with Gasteiger partial charge in [0.25, 0.3) is 0 Å². The fourth-order valence-corrected chi connectivity index (χ4v) is 2.51. The van der Waals surface area contributed by atoms with Crippen molar-refractivity contribution < 1.29 is 9.66 Å². The highest BCUT2D eigenvalue weighted by atomic mass is 16.6. The maximum absolute atomic E-state index is 11.3. The molecule has 1 N–H and O–H groups in total. The molecule has 1 aromatic carbocycles. The lowest BCUT2D eigenvalue weighted by Gasteiger charge is -2.32. The minimum atomic E-state index is -0.316. The first-order chi connectivity index (χ1) is 9.17. The quantitative estimate of drug-likeness (QED) is 0.668. The molecule has 6 nitrogen and oxygen atoms in total. The van der Waals surface area contributed by atoms with E-state index in [1.54, 1.807) is 20.2 Å². The molecule has 1 aromatic rings. The number of hydrogen-bond acceptors (Lipinski definition) is 5. The molecule has 1 heterocycles. The first kappa shape index (κ1) is 13.6. The number of nitro groups is 1. The Bertz CT molecular complexity index is 456. The lowest BCUT2D eigenvalue weighted by atomic mass is 10.1. The van der Waals surface area contributed by atoms with Crippen LogP contribution in [0.2, 0.25) is 0 Å². The van der Waals surface area contributed by atoms with E-state index in [1.165, 1.54) is 0 Å². The van der Waals surface area contributed by atoms with E-state index in [2.05, 4.69) is 10.2 Å². The molecule has 1 aliphatic heterocycles. The van der Waals surface area contributed by atoms with Gasteiger partial charge in [0.1, 0.15) is 11.4 Å². The molecule has 0 atom stereocenters. The van der Waals surface area contributed by atoms with E-state index in [-0.39, 0.29) is 16.7 Å². The molecular formula is C13H19N3O3. The van der Waals surface area contributed by atoms with Crippen molar-refractivity contribution in [2.45, 2.75) is 18.9 Å². The zero-order chi connectivity index (χ0) is 13.8. The van der Waals surface area contributed by atoms with Crippen LogP contribution in [0.1, 0.15) is 12.8 Å². The molecule has 1 fully saturated rings. The Balaban J connectivity index is 2.27. The highest BCUT2D eigenvalue weighted by Gasteiger charge is 2.26. The number of nitrogens with one attached hydrogen (secondary N) is 1. The molecule has 0 bridgehead atoms. The van der Waals surface area contributed by atoms with Crippen LogP contribution in [0.3, 0.4) is 0 Å². The standard InChI is InChI=1S/C13H19N3O3/c1-14-11-4-3-5-12(13(11)16(17)18)15-8-6-10(19-2)7-9-15/h3-5,10,14H,6-9H2,1-2H3. The molecule has 0 radical (unpaired) electrons. The molecule has 0 amide bonds. The van der Waals surface area contributed by atoms with Gasteiger partial charge in [-0.05, 0) is 25.0 Å². The van der Waals surface area contributed by atoms with Crippen LogP contribution in [0.4, 0.5) is 17.1 Å². The van der Waals surface area contributed by atoms with Gasteiger partial charge >= 0.3 is 5.69 Å². The first-order valence-electron chi connectivity index (χ1n) is 6.40. The number of benzene rings is 1. The van der Waals surface area contributed by atoms with Gasteiger partial charge in [-0.1, -0.05) is 6.07 Å². The van der Waals surface area contributed by atoms with Crippen molar-refractivity contribution in [1.29, 1.82) is 0 Å². The molecule has 6 heteroatoms. The Kier molecular flexibility index (Phi) is 4.21. The predicted octanol–water partition coefficient (Wildman–Crippen LogP) is 2.25. The summed E-state index contributed by atoms with van der Waals surface area (Å²) in [6.07, 6.45) is 2.07. The third-order valence-electron chi connectivity index (χ3n) is 3.58. The number of nitrogens with zero attached hydrogens (tertiary/aromatic N) is 2. The average Bonchev–Trinajstić information content (AvgIpc) is 2.46. The molecule has 0 saturated carbocycles. The molecule has 2 rings (SSSR count). The molecule has 0 aromatic heterocycles. The lowest BCUT2D eigenvalue weighted by Crippen LogP contribution is -2.37. The van der Waals surface area contributed by atoms with Crippen LogP contribution in [0.15, 0.2) is 18.2 Å². The van der Waals surface area contributed by atoms with Gasteiger partial charge in [-0.15, -0.1) is 0 Å². The van der Waals surface area contributed by atoms with Crippen LogP contribution >= 0.6 is 0 Å². The lowest BCUT2D eigenvalue weighted by molar-refractivity contribution is -0.383. The van der Waals surface area contributed by atoms with Gasteiger partial charge in [0.15, 0.2) is 0 Å². The van der Waals surface area contributed by atoms with E-state index in [0.717, 1.165) is 25.9 Å². The van der Waals surface area contributed by atoms with Gasteiger partial charge in [-0.3, -0.25) is 10.1 Å². The summed E-state index contributed by atoms with van der Waals surface area (Å²) in [6.45, 7) is 1.57. The summed E-state index contributed by atoms with van der Waals surface area (Å²) < 4.78 is 5.33. The van der Waals surface area contributed by atoms with Crippen molar-refractivity contribution in [3.63, 3.8) is 0 Å². The number of hydrogen-bond donors (Lipinski definition) is 1. The summed E-state index contributed by atoms with van der Waals surface area (Å²) in [5, 5.41) is 14.2. The predicted molar refractivity (Wildman–Crippen MR) is 74.9 cm³/mol. The molecular weight excluding hydrogens is 246 g/mol. The van der Waals surface area contributed by atoms with Crippen molar-refractivity contribution >= 4 is 17.1 Å². The maximum Gasteiger partial charge on any atom is 0.315 e. The van der Waals surface area contributed by atoms with E-state index >= 15 is 0 Å². The van der Waals surface area contributed by atoms with E-state index in [1.807, 2.05) is 12.1 Å². The fourth-order valence-electron chi connectivity index (χ4n) is 2.51. The average molecular weight is 265 g/mol. The number of ether oxygens (including phenoxy) is 1. The minimum absolute atomic E-state index is 0.154. The summed E-state index contributed by atoms with van der Waals surface area (Å²) in [5.74, 6) is 0. The van der Waals surface area contributed by atoms with Crippen molar-refractivity contribution in [1.82, 2.24) is 0 Å². The molecule has 0 unspecified atom stereocenters. The Hall–Kier alpha value is -1.82. The molecule has 1 aliphatic rings. The van der Waals surface area contributed by atoms with E-state index < -0.39 is 0 Å². The Morgan fingerprint density at radius 2 is 2.11 bits per heavy atom. The molecule has 19 heavy (non-hydrogen) atoms. The van der Waals surface area contributed by atoms with Crippen LogP contribution in [-0.4, -0.2) is 38.3 Å². The summed E-state index contributed by atoms with van der Waals surface area (Å²) in [6, 6.07) is 5.38. The van der Waals surface area contributed by atoms with Gasteiger partial charge in [-0.2, -0.15) is 0 Å². The third-order valence-corrected chi connectivity index (χ3v) is 3.58. The number of nitro benzene ring substituents is 1. The van der Waals surface area contributed by atoms with Crippen LogP contribution in [0.5, 0.6) is 0 Å². The monoisotopic (exact) mass is 265 g/mol. The largest absolute Gasteiger partial charge is 0.382 e. The van der Waals surface area contributed by atoms with Gasteiger partial charge < -0.3 is 15.0 Å². The number of rotatable bonds is 4. The van der Waals surface area contributed by atoms with E-state index in [0.29, 0.717) is 11.4 Å². The Morgan fingerprint density at radius 1 is 1.42 bits per heavy atom. The van der Waals surface area contributed by atoms with Crippen molar-refractivity contribution in [3.8, 4) is 0 Å². The van der Waals surface area contributed by atoms with Crippen LogP contribution < -0.4 is 10.2 Å². The molecule has 104 valence electrons. The van der Waals surface area contributed by atoms with Crippen LogP contribution in [0.25, 0.3) is 0 Å². The number of piperidine rings is 1. The van der Waals surface area contributed by atoms with E-state index in [4.69, 9.17) is 4.74 Å². The van der Waals surface area contributed by atoms with Gasteiger partial charge in [0, 0.05) is 27.2 Å². The SMILES string of the molecule is CNc1cccc(N2CCC(OC)CC2)c1[N+](=O)[O-]. The molecule has 1 saturated heterocycles. The first-order valence-corrected chi connectivity index (χ1v) is 6.40. The summed E-state index contributed by atoms with van der Waals surface area (Å²) in [5.41, 5.74) is 1.39. The van der Waals surface area contributed by atoms with Gasteiger partial charge in [0.2, 0.25) is 0 Å². The topological polar surface area (TPSA) is 67.6 Å². The number of anilines is 2. The second kappa shape index (κ2) is 5.88. The zero-order valence-electron chi connectivity index (χ0n) is 11.3. The minimum Gasteiger partial charge on any atom is -0.382 e. The summed E-state index contributed by atoms with van der Waals surface area (Å²) in [4.78, 5) is 13.0. The number of para-hydroxylation sites is 1. The fraction of sp³-hybridized carbons (Fsp3) is 0.538. The van der Waals surface area contributed by atoms with Crippen molar-refractivity contribution in [2.75, 3.05) is 37.5 Å². The normalized spacial score (nSPS) is 16.4. The highest BCUT2D eigenvalue weighted by Crippen LogP contribution is 2.36. The van der Waals surface area contributed by atoms with Crippen LogP contribution in [-0.2, 0) is 4.74 Å². The van der Waals surface area contributed by atoms with Gasteiger partial charge in [-0.25, -0.2) is 0 Å². The van der Waals surface area contributed by atoms with E-state index in [9.17, 15) is 10.1 Å². The van der Waals surface area contributed by atoms with Crippen molar-refractivity contribution in [3.05, 3.63) is 28.3 Å². The zero-order valence-corrected chi connectivity index (χ0v) is 11.3. The van der Waals surface area contributed by atoms with Crippen LogP contribution in [0, 0.1) is 10.1 Å². The Morgan fingerprint density at radius 3 is 2.63 bits per heavy atom. The molecule has 0 spiro atoms. The second-order valence-corrected chi connectivity index (χ2v) is 4.60. The third kappa shape index (κ3) is 2.78. The maximum atomic E-state index is 11.3. The number of methoxy groups -OCH3 is 1. The summed E-state index contributed by atoms with van der Waals surface area (Å²) >= 11 is 0. The van der Waals surface area contributed by atoms with Gasteiger partial charge in [0.05, 0.1) is 11.0 Å². The Labute approximate surface area is 112 Å². The summed E-state index contributed by atoms with van der Waals surface area (Å²) in [7, 11) is 3.41. The molecule has 0 aliphatic carbocycles.